The molecule has 1 atom stereocenters. The van der Waals surface area contributed by atoms with Gasteiger partial charge in [-0.05, 0) is 36.2 Å². The van der Waals surface area contributed by atoms with Crippen LogP contribution in [0.3, 0.4) is 0 Å². The van der Waals surface area contributed by atoms with E-state index >= 15 is 0 Å². The zero-order valence-electron chi connectivity index (χ0n) is 17.3. The van der Waals surface area contributed by atoms with E-state index in [4.69, 9.17) is 9.47 Å². The molecule has 2 aromatic carbocycles. The Bertz CT molecular complexity index is 1200. The summed E-state index contributed by atoms with van der Waals surface area (Å²) in [5.41, 5.74) is 1.26. The van der Waals surface area contributed by atoms with Gasteiger partial charge in [-0.15, -0.1) is 11.3 Å². The van der Waals surface area contributed by atoms with Crippen LogP contribution in [0.4, 0.5) is 5.69 Å². The van der Waals surface area contributed by atoms with Crippen molar-refractivity contribution in [3.8, 4) is 11.5 Å². The van der Waals surface area contributed by atoms with Crippen LogP contribution in [-0.4, -0.2) is 28.0 Å². The van der Waals surface area contributed by atoms with Crippen molar-refractivity contribution in [2.24, 2.45) is 0 Å². The minimum Gasteiger partial charge on any atom is -0.493 e. The minimum absolute atomic E-state index is 0.132. The van der Waals surface area contributed by atoms with Gasteiger partial charge in [-0.25, -0.2) is 8.42 Å². The van der Waals surface area contributed by atoms with Gasteiger partial charge in [0.25, 0.3) is 0 Å². The molecule has 162 valence electrons. The van der Waals surface area contributed by atoms with Crippen molar-refractivity contribution in [1.29, 1.82) is 0 Å². The van der Waals surface area contributed by atoms with E-state index in [0.29, 0.717) is 23.8 Å². The predicted octanol–water partition coefficient (Wildman–Crippen LogP) is 4.85. The summed E-state index contributed by atoms with van der Waals surface area (Å²) < 4.78 is 37.6. The first-order valence-electron chi connectivity index (χ1n) is 9.97. The van der Waals surface area contributed by atoms with Crippen LogP contribution < -0.4 is 14.8 Å². The highest BCUT2D eigenvalue weighted by Crippen LogP contribution is 2.47. The van der Waals surface area contributed by atoms with E-state index in [0.717, 1.165) is 16.9 Å². The number of methoxy groups -OCH3 is 1. The number of thiophene rings is 1. The summed E-state index contributed by atoms with van der Waals surface area (Å²) in [6.07, 6.45) is 1.09. The van der Waals surface area contributed by atoms with Gasteiger partial charge >= 0.3 is 0 Å². The van der Waals surface area contributed by atoms with E-state index in [2.05, 4.69) is 5.32 Å². The van der Waals surface area contributed by atoms with Gasteiger partial charge in [-0.2, -0.15) is 0 Å². The van der Waals surface area contributed by atoms with E-state index in [1.54, 1.807) is 42.8 Å². The smallest absolute Gasteiger partial charge is 0.225 e. The van der Waals surface area contributed by atoms with Crippen molar-refractivity contribution in [3.05, 3.63) is 64.4 Å². The zero-order valence-corrected chi connectivity index (χ0v) is 18.9. The molecule has 1 N–H and O–H groups in total. The Morgan fingerprint density at radius 2 is 1.90 bits per heavy atom. The van der Waals surface area contributed by atoms with Crippen LogP contribution >= 0.6 is 11.3 Å². The van der Waals surface area contributed by atoms with Crippen LogP contribution in [0.5, 0.6) is 11.5 Å². The number of fused-ring (bicyclic) bond motifs is 1. The largest absolute Gasteiger partial charge is 0.493 e. The molecule has 0 unspecified atom stereocenters. The second-order valence-electron chi connectivity index (χ2n) is 7.22. The Balaban J connectivity index is 1.77. The Kier molecular flexibility index (Phi) is 6.02. The monoisotopic (exact) mass is 457 g/mol. The number of rotatable bonds is 7. The van der Waals surface area contributed by atoms with Gasteiger partial charge in [0.1, 0.15) is 4.90 Å². The van der Waals surface area contributed by atoms with Crippen molar-refractivity contribution in [3.63, 3.8) is 0 Å². The van der Waals surface area contributed by atoms with E-state index in [1.807, 2.05) is 25.1 Å². The number of carbonyl (C=O) groups is 1. The number of carbonyl (C=O) groups excluding carboxylic acids is 1. The average Bonchev–Trinajstić information content (AvgIpc) is 3.22. The molecule has 0 fully saturated rings. The summed E-state index contributed by atoms with van der Waals surface area (Å²) in [7, 11) is -2.16. The van der Waals surface area contributed by atoms with Gasteiger partial charge in [-0.3, -0.25) is 4.79 Å². The molecule has 31 heavy (non-hydrogen) atoms. The first-order chi connectivity index (χ1) is 15.0. The van der Waals surface area contributed by atoms with Gasteiger partial charge in [-0.1, -0.05) is 31.2 Å². The van der Waals surface area contributed by atoms with Crippen molar-refractivity contribution < 1.29 is 22.7 Å². The highest BCUT2D eigenvalue weighted by Gasteiger charge is 2.34. The van der Waals surface area contributed by atoms with Crippen LogP contribution in [0, 0.1) is 0 Å². The second-order valence-corrected chi connectivity index (χ2v) is 10.0. The van der Waals surface area contributed by atoms with E-state index < -0.39 is 9.84 Å². The molecule has 1 aromatic heterocycles. The third-order valence-corrected chi connectivity index (χ3v) is 8.19. The van der Waals surface area contributed by atoms with Crippen LogP contribution in [0.1, 0.15) is 36.1 Å². The van der Waals surface area contributed by atoms with Gasteiger partial charge in [0.15, 0.2) is 11.5 Å². The second kappa shape index (κ2) is 8.72. The number of hydrogen-bond donors (Lipinski definition) is 1. The number of sulfone groups is 1. The van der Waals surface area contributed by atoms with Gasteiger partial charge in [0, 0.05) is 22.6 Å². The molecule has 1 amide bonds. The van der Waals surface area contributed by atoms with E-state index in [-0.39, 0.29) is 28.0 Å². The summed E-state index contributed by atoms with van der Waals surface area (Å²) in [6, 6.07) is 13.8. The predicted molar refractivity (Wildman–Crippen MR) is 120 cm³/mol. The van der Waals surface area contributed by atoms with Crippen LogP contribution in [-0.2, 0) is 14.6 Å². The highest BCUT2D eigenvalue weighted by molar-refractivity contribution is 7.91. The molecule has 0 radical (unpaired) electrons. The van der Waals surface area contributed by atoms with E-state index in [9.17, 15) is 13.2 Å². The molecule has 1 aliphatic heterocycles. The number of nitrogens with one attached hydrogen (secondary N) is 1. The van der Waals surface area contributed by atoms with Crippen LogP contribution in [0.25, 0.3) is 0 Å². The number of benzene rings is 2. The lowest BCUT2D eigenvalue weighted by Gasteiger charge is -2.24. The van der Waals surface area contributed by atoms with Gasteiger partial charge in [0.05, 0.1) is 24.3 Å². The maximum absolute atomic E-state index is 13.2. The van der Waals surface area contributed by atoms with E-state index in [1.165, 1.54) is 11.3 Å². The first kappa shape index (κ1) is 21.4. The normalized spacial score (nSPS) is 15.8. The number of ether oxygens (including phenoxy) is 2. The SMILES string of the molecule is CCCOc1cc([C@@H]2CC(=O)Nc3c(S(=O)(=O)c4ccccc4)csc32)ccc1OC. The van der Waals surface area contributed by atoms with Crippen molar-refractivity contribution in [2.45, 2.75) is 35.5 Å². The maximum atomic E-state index is 13.2. The summed E-state index contributed by atoms with van der Waals surface area (Å²) in [5, 5.41) is 4.41. The molecule has 0 bridgehead atoms. The molecular formula is C23H23NO5S2. The quantitative estimate of drug-likeness (QED) is 0.548. The Hall–Kier alpha value is -2.84. The standard InChI is InChI=1S/C23H23NO5S2/c1-3-11-29-19-12-15(9-10-18(19)28-2)17-13-21(25)24-22-20(14-30-23(17)22)31(26,27)16-7-5-4-6-8-16/h4-10,12,14,17H,3,11,13H2,1-2H3,(H,24,25)/t17-/m0/s1. The fraction of sp³-hybridized carbons (Fsp3) is 0.261. The van der Waals surface area contributed by atoms with Gasteiger partial charge in [0.2, 0.25) is 15.7 Å². The summed E-state index contributed by atoms with van der Waals surface area (Å²) in [5.74, 6) is 0.759. The first-order valence-corrected chi connectivity index (χ1v) is 12.3. The lowest BCUT2D eigenvalue weighted by Crippen LogP contribution is -2.23. The lowest BCUT2D eigenvalue weighted by molar-refractivity contribution is -0.116. The third-order valence-electron chi connectivity index (χ3n) is 5.15. The Morgan fingerprint density at radius 3 is 2.61 bits per heavy atom. The molecule has 4 rings (SSSR count). The molecule has 3 aromatic rings. The van der Waals surface area contributed by atoms with Crippen LogP contribution in [0.2, 0.25) is 0 Å². The molecule has 6 nitrogen and oxygen atoms in total. The molecule has 0 saturated carbocycles. The van der Waals surface area contributed by atoms with Crippen molar-refractivity contribution >= 4 is 32.8 Å². The maximum Gasteiger partial charge on any atom is 0.225 e. The molecule has 1 aliphatic rings. The summed E-state index contributed by atoms with van der Waals surface area (Å²) in [6.45, 7) is 2.57. The molecule has 2 heterocycles. The number of anilines is 1. The number of hydrogen-bond acceptors (Lipinski definition) is 6. The molecule has 0 aliphatic carbocycles. The minimum atomic E-state index is -3.75. The van der Waals surface area contributed by atoms with Crippen molar-refractivity contribution in [2.75, 3.05) is 19.0 Å². The third kappa shape index (κ3) is 4.05. The topological polar surface area (TPSA) is 81.7 Å². The number of amides is 1. The summed E-state index contributed by atoms with van der Waals surface area (Å²) >= 11 is 1.35. The fourth-order valence-corrected chi connectivity index (χ4v) is 6.56. The zero-order chi connectivity index (χ0) is 22.0. The fourth-order valence-electron chi connectivity index (χ4n) is 3.63. The highest BCUT2D eigenvalue weighted by atomic mass is 32.2. The Morgan fingerprint density at radius 1 is 1.13 bits per heavy atom. The average molecular weight is 458 g/mol. The van der Waals surface area contributed by atoms with Crippen molar-refractivity contribution in [1.82, 2.24) is 0 Å². The molecule has 0 saturated heterocycles. The Labute approximate surface area is 185 Å². The molecule has 0 spiro atoms. The van der Waals surface area contributed by atoms with Gasteiger partial charge < -0.3 is 14.8 Å². The molecular weight excluding hydrogens is 434 g/mol. The molecule has 8 heteroatoms. The lowest BCUT2D eigenvalue weighted by atomic mass is 9.90. The summed E-state index contributed by atoms with van der Waals surface area (Å²) in [4.78, 5) is 13.7. The van der Waals surface area contributed by atoms with Crippen LogP contribution in [0.15, 0.2) is 63.7 Å².